The second-order valence-electron chi connectivity index (χ2n) is 9.48. The summed E-state index contributed by atoms with van der Waals surface area (Å²) in [5.41, 5.74) is 4.35. The molecule has 0 radical (unpaired) electrons. The Labute approximate surface area is 201 Å². The highest BCUT2D eigenvalue weighted by atomic mass is 19.2. The Morgan fingerprint density at radius 2 is 1.91 bits per heavy atom. The van der Waals surface area contributed by atoms with Crippen LogP contribution in [0.4, 0.5) is 18.9 Å². The van der Waals surface area contributed by atoms with Gasteiger partial charge in [0.05, 0.1) is 13.7 Å². The molecule has 8 nitrogen and oxygen atoms in total. The normalized spacial score (nSPS) is 30.0. The molecule has 1 aromatic heterocycles. The van der Waals surface area contributed by atoms with E-state index in [1.807, 2.05) is 17.1 Å². The van der Waals surface area contributed by atoms with Crippen LogP contribution >= 0.6 is 0 Å². The second kappa shape index (κ2) is 8.87. The number of morpholine rings is 1. The van der Waals surface area contributed by atoms with Crippen LogP contribution in [0.5, 0.6) is 5.88 Å². The number of piperidine rings is 1. The highest BCUT2D eigenvalue weighted by Gasteiger charge is 2.45. The molecule has 1 aliphatic carbocycles. The van der Waals surface area contributed by atoms with Gasteiger partial charge >= 0.3 is 0 Å². The van der Waals surface area contributed by atoms with E-state index in [1.54, 1.807) is 13.3 Å². The van der Waals surface area contributed by atoms with Gasteiger partial charge in [-0.3, -0.25) is 5.43 Å². The maximum atomic E-state index is 14.5. The number of pyridine rings is 1. The molecule has 3 aliphatic heterocycles. The molecule has 4 aliphatic rings. The van der Waals surface area contributed by atoms with Gasteiger partial charge in [-0.2, -0.15) is 5.01 Å². The first-order chi connectivity index (χ1) is 17.0. The fourth-order valence-electron chi connectivity index (χ4n) is 5.83. The van der Waals surface area contributed by atoms with E-state index in [4.69, 9.17) is 14.5 Å². The summed E-state index contributed by atoms with van der Waals surface area (Å²) in [6, 6.07) is 6.37. The van der Waals surface area contributed by atoms with Gasteiger partial charge in [0.1, 0.15) is 6.10 Å². The molecule has 2 saturated heterocycles. The Kier molecular flexibility index (Phi) is 5.68. The molecular formula is C24H27F3N6O2. The third-order valence-corrected chi connectivity index (χ3v) is 7.53. The van der Waals surface area contributed by atoms with Crippen LogP contribution in [0.3, 0.4) is 0 Å². The van der Waals surface area contributed by atoms with E-state index in [0.29, 0.717) is 36.8 Å². The SMILES string of the molecule is COc1cc(N2C[C@H]3CC[C@@H](C2)C3NC2=NC3[C@@H](c4ccc(F)c(F)c4F)OCCN3N2)ccn1. The topological polar surface area (TPSA) is 74.2 Å². The lowest BCUT2D eigenvalue weighted by atomic mass is 9.92. The lowest BCUT2D eigenvalue weighted by Crippen LogP contribution is -2.56. The van der Waals surface area contributed by atoms with Crippen molar-refractivity contribution in [3.63, 3.8) is 0 Å². The van der Waals surface area contributed by atoms with Crippen molar-refractivity contribution in [1.82, 2.24) is 20.7 Å². The summed E-state index contributed by atoms with van der Waals surface area (Å²) in [7, 11) is 1.62. The number of hydrogen-bond acceptors (Lipinski definition) is 8. The minimum Gasteiger partial charge on any atom is -0.481 e. The molecule has 1 saturated carbocycles. The molecule has 5 atom stereocenters. The largest absolute Gasteiger partial charge is 0.481 e. The highest BCUT2D eigenvalue weighted by molar-refractivity contribution is 5.81. The standard InChI is InChI=1S/C24H27F3N6O2/c1-34-18-10-15(6-7-28-18)32-11-13-2-3-14(12-32)21(13)29-24-30-23-22(35-9-8-33(23)31-24)16-4-5-17(25)20(27)19(16)26/h4-7,10,13-14,21-23H,2-3,8-9,11-12H2,1H3,(H2,29,30,31)/t13-,14+,21?,22-,23?/m1/s1. The van der Waals surface area contributed by atoms with Crippen LogP contribution in [0.25, 0.3) is 0 Å². The van der Waals surface area contributed by atoms with Crippen molar-refractivity contribution in [2.75, 3.05) is 38.3 Å². The van der Waals surface area contributed by atoms with Crippen LogP contribution in [-0.2, 0) is 4.74 Å². The fraction of sp³-hybridized carbons (Fsp3) is 0.500. The van der Waals surface area contributed by atoms with E-state index in [0.717, 1.165) is 37.7 Å². The molecule has 4 heterocycles. The second-order valence-corrected chi connectivity index (χ2v) is 9.48. The van der Waals surface area contributed by atoms with E-state index in [2.05, 4.69) is 20.6 Å². The first-order valence-corrected chi connectivity index (χ1v) is 11.9. The maximum absolute atomic E-state index is 14.5. The molecule has 6 rings (SSSR count). The number of nitrogens with zero attached hydrogens (tertiary/aromatic N) is 4. The molecule has 0 amide bonds. The smallest absolute Gasteiger partial charge is 0.214 e. The first kappa shape index (κ1) is 22.4. The van der Waals surface area contributed by atoms with E-state index in [-0.39, 0.29) is 11.6 Å². The molecule has 0 spiro atoms. The van der Waals surface area contributed by atoms with Crippen molar-refractivity contribution in [3.05, 3.63) is 53.5 Å². The lowest BCUT2D eigenvalue weighted by molar-refractivity contribution is -0.0749. The van der Waals surface area contributed by atoms with Crippen molar-refractivity contribution >= 4 is 11.6 Å². The van der Waals surface area contributed by atoms with Crippen LogP contribution in [0.1, 0.15) is 24.5 Å². The molecular weight excluding hydrogens is 461 g/mol. The number of nitrogens with one attached hydrogen (secondary N) is 2. The molecule has 3 fully saturated rings. The summed E-state index contributed by atoms with van der Waals surface area (Å²) in [6.45, 7) is 2.67. The van der Waals surface area contributed by atoms with Gasteiger partial charge in [-0.05, 0) is 36.8 Å². The van der Waals surface area contributed by atoms with Gasteiger partial charge in [-0.25, -0.2) is 23.1 Å². The number of guanidine groups is 1. The quantitative estimate of drug-likeness (QED) is 0.641. The van der Waals surface area contributed by atoms with Gasteiger partial charge in [0.25, 0.3) is 0 Å². The lowest BCUT2D eigenvalue weighted by Gasteiger charge is -2.40. The summed E-state index contributed by atoms with van der Waals surface area (Å²) in [5.74, 6) is -1.86. The number of rotatable bonds is 4. The number of aliphatic imine (C=N–C) groups is 1. The number of benzene rings is 1. The van der Waals surface area contributed by atoms with Crippen molar-refractivity contribution in [1.29, 1.82) is 0 Å². The van der Waals surface area contributed by atoms with Crippen molar-refractivity contribution in [3.8, 4) is 5.88 Å². The Morgan fingerprint density at radius 3 is 2.69 bits per heavy atom. The minimum atomic E-state index is -1.49. The van der Waals surface area contributed by atoms with Gasteiger partial charge in [-0.1, -0.05) is 6.07 Å². The number of anilines is 1. The molecule has 1 aromatic carbocycles. The van der Waals surface area contributed by atoms with Gasteiger partial charge in [0.2, 0.25) is 11.8 Å². The van der Waals surface area contributed by atoms with Crippen LogP contribution in [0.2, 0.25) is 0 Å². The molecule has 2 N–H and O–H groups in total. The van der Waals surface area contributed by atoms with E-state index in [1.165, 1.54) is 6.07 Å². The summed E-state index contributed by atoms with van der Waals surface area (Å²) >= 11 is 0. The number of hydrazine groups is 1. The van der Waals surface area contributed by atoms with Crippen LogP contribution in [0.15, 0.2) is 35.5 Å². The van der Waals surface area contributed by atoms with Crippen LogP contribution in [-0.4, -0.2) is 61.5 Å². The monoisotopic (exact) mass is 488 g/mol. The van der Waals surface area contributed by atoms with Gasteiger partial charge in [0, 0.05) is 49.2 Å². The van der Waals surface area contributed by atoms with Crippen LogP contribution < -0.4 is 20.4 Å². The Balaban J connectivity index is 1.17. The summed E-state index contributed by atoms with van der Waals surface area (Å²) in [5, 5.41) is 5.45. The average molecular weight is 489 g/mol. The van der Waals surface area contributed by atoms with Crippen LogP contribution in [0, 0.1) is 29.3 Å². The summed E-state index contributed by atoms with van der Waals surface area (Å²) in [4.78, 5) is 11.3. The predicted octanol–water partition coefficient (Wildman–Crippen LogP) is 2.59. The predicted molar refractivity (Wildman–Crippen MR) is 122 cm³/mol. The van der Waals surface area contributed by atoms with Crippen molar-refractivity contribution in [2.24, 2.45) is 16.8 Å². The molecule has 11 heteroatoms. The fourth-order valence-corrected chi connectivity index (χ4v) is 5.83. The number of hydrogen-bond donors (Lipinski definition) is 2. The zero-order valence-electron chi connectivity index (χ0n) is 19.3. The number of ether oxygens (including phenoxy) is 2. The average Bonchev–Trinajstić information content (AvgIpc) is 3.38. The Bertz CT molecular complexity index is 1140. The van der Waals surface area contributed by atoms with Gasteiger partial charge in [0.15, 0.2) is 23.6 Å². The zero-order valence-corrected chi connectivity index (χ0v) is 19.3. The number of halogens is 3. The first-order valence-electron chi connectivity index (χ1n) is 11.9. The van der Waals surface area contributed by atoms with Crippen molar-refractivity contribution < 1.29 is 22.6 Å². The minimum absolute atomic E-state index is 0.0356. The Morgan fingerprint density at radius 1 is 1.11 bits per heavy atom. The van der Waals surface area contributed by atoms with Crippen molar-refractivity contribution in [2.45, 2.75) is 31.2 Å². The van der Waals surface area contributed by atoms with Gasteiger partial charge < -0.3 is 19.7 Å². The molecule has 2 unspecified atom stereocenters. The van der Waals surface area contributed by atoms with E-state index in [9.17, 15) is 13.2 Å². The molecule has 35 heavy (non-hydrogen) atoms. The van der Waals surface area contributed by atoms with E-state index < -0.39 is 29.7 Å². The summed E-state index contributed by atoms with van der Waals surface area (Å²) < 4.78 is 52.8. The Hall–Kier alpha value is -3.05. The maximum Gasteiger partial charge on any atom is 0.214 e. The molecule has 2 aromatic rings. The van der Waals surface area contributed by atoms with Gasteiger partial charge in [-0.15, -0.1) is 0 Å². The van der Waals surface area contributed by atoms with E-state index >= 15 is 0 Å². The number of methoxy groups -OCH3 is 1. The third kappa shape index (κ3) is 3.96. The number of aromatic nitrogens is 1. The molecule has 2 bridgehead atoms. The number of fused-ring (bicyclic) bond motifs is 3. The third-order valence-electron chi connectivity index (χ3n) is 7.53. The zero-order chi connectivity index (χ0) is 24.1. The highest BCUT2D eigenvalue weighted by Crippen LogP contribution is 2.39. The summed E-state index contributed by atoms with van der Waals surface area (Å²) in [6.07, 6.45) is 2.58. The molecule has 186 valence electrons.